The summed E-state index contributed by atoms with van der Waals surface area (Å²) in [6, 6.07) is -1.98. The highest BCUT2D eigenvalue weighted by Gasteiger charge is 2.51. The van der Waals surface area contributed by atoms with Gasteiger partial charge < -0.3 is 10.4 Å². The molecule has 0 aromatic heterocycles. The highest BCUT2D eigenvalue weighted by atomic mass is 16.4. The molecule has 7 heteroatoms. The quantitative estimate of drug-likeness (QED) is 0.552. The fourth-order valence-corrected chi connectivity index (χ4v) is 5.70. The third-order valence-corrected chi connectivity index (χ3v) is 6.37. The van der Waals surface area contributed by atoms with Gasteiger partial charge in [-0.15, -0.1) is 0 Å². The number of amides is 3. The summed E-state index contributed by atoms with van der Waals surface area (Å²) in [7, 11) is 0. The van der Waals surface area contributed by atoms with Gasteiger partial charge in [-0.05, 0) is 69.6 Å². The standard InChI is InChI=1S/C19H31N3O4/c1-3-4-15(17(24)25)20-11(2)16(23)21-18(26)22-19-8-12-5-13(9-19)7-14(6-12)10-19/h11-15,20H,3-10H2,1-2H3,(H,24,25)(H2,21,22,23,26). The van der Waals surface area contributed by atoms with Crippen molar-refractivity contribution in [3.63, 3.8) is 0 Å². The molecule has 0 spiro atoms. The van der Waals surface area contributed by atoms with Crippen LogP contribution in [0.2, 0.25) is 0 Å². The second-order valence-electron chi connectivity index (χ2n) is 8.71. The van der Waals surface area contributed by atoms with E-state index >= 15 is 0 Å². The molecular weight excluding hydrogens is 334 g/mol. The minimum atomic E-state index is -0.982. The van der Waals surface area contributed by atoms with E-state index in [4.69, 9.17) is 0 Å². The van der Waals surface area contributed by atoms with Crippen LogP contribution in [0.5, 0.6) is 0 Å². The minimum absolute atomic E-state index is 0.151. The molecule has 3 amide bonds. The fraction of sp³-hybridized carbons (Fsp3) is 0.842. The Hall–Kier alpha value is -1.63. The number of hydrogen-bond acceptors (Lipinski definition) is 4. The predicted octanol–water partition coefficient (Wildman–Crippen LogP) is 2.01. The molecule has 4 rings (SSSR count). The molecule has 4 N–H and O–H groups in total. The van der Waals surface area contributed by atoms with Crippen molar-refractivity contribution in [1.82, 2.24) is 16.0 Å². The van der Waals surface area contributed by atoms with Gasteiger partial charge >= 0.3 is 12.0 Å². The average Bonchev–Trinajstić information content (AvgIpc) is 2.51. The SMILES string of the molecule is CCCC(NC(C)C(=O)NC(=O)NC12CC3CC(CC(C3)C1)C2)C(=O)O. The molecule has 4 aliphatic carbocycles. The van der Waals surface area contributed by atoms with Gasteiger partial charge in [-0.1, -0.05) is 13.3 Å². The van der Waals surface area contributed by atoms with Crippen LogP contribution < -0.4 is 16.0 Å². The van der Waals surface area contributed by atoms with E-state index in [1.165, 1.54) is 19.3 Å². The molecule has 4 saturated carbocycles. The number of aliphatic carboxylic acids is 1. The summed E-state index contributed by atoms with van der Waals surface area (Å²) in [6.45, 7) is 3.47. The van der Waals surface area contributed by atoms with Crippen LogP contribution in [0.25, 0.3) is 0 Å². The maximum absolute atomic E-state index is 12.4. The molecular formula is C19H31N3O4. The number of nitrogens with one attached hydrogen (secondary N) is 3. The molecule has 2 atom stereocenters. The van der Waals surface area contributed by atoms with Crippen molar-refractivity contribution in [1.29, 1.82) is 0 Å². The predicted molar refractivity (Wildman–Crippen MR) is 96.5 cm³/mol. The number of imide groups is 1. The molecule has 2 unspecified atom stereocenters. The number of carbonyl (C=O) groups excluding carboxylic acids is 2. The molecule has 4 bridgehead atoms. The van der Waals surface area contributed by atoms with Gasteiger partial charge in [0.2, 0.25) is 5.91 Å². The van der Waals surface area contributed by atoms with Gasteiger partial charge in [0.25, 0.3) is 0 Å². The number of hydrogen-bond donors (Lipinski definition) is 4. The Morgan fingerprint density at radius 1 is 1.08 bits per heavy atom. The van der Waals surface area contributed by atoms with E-state index in [-0.39, 0.29) is 5.54 Å². The first kappa shape index (κ1) is 19.1. The molecule has 0 radical (unpaired) electrons. The smallest absolute Gasteiger partial charge is 0.321 e. The van der Waals surface area contributed by atoms with E-state index in [2.05, 4.69) is 16.0 Å². The summed E-state index contributed by atoms with van der Waals surface area (Å²) in [4.78, 5) is 35.9. The zero-order valence-electron chi connectivity index (χ0n) is 15.7. The fourth-order valence-electron chi connectivity index (χ4n) is 5.70. The first-order valence-electron chi connectivity index (χ1n) is 9.92. The van der Waals surface area contributed by atoms with E-state index in [0.717, 1.165) is 19.3 Å². The lowest BCUT2D eigenvalue weighted by atomic mass is 9.53. The van der Waals surface area contributed by atoms with E-state index < -0.39 is 30.0 Å². The summed E-state index contributed by atoms with van der Waals surface area (Å²) >= 11 is 0. The highest BCUT2D eigenvalue weighted by molar-refractivity contribution is 5.97. The third-order valence-electron chi connectivity index (χ3n) is 6.37. The van der Waals surface area contributed by atoms with Crippen LogP contribution >= 0.6 is 0 Å². The lowest BCUT2D eigenvalue weighted by molar-refractivity contribution is -0.140. The van der Waals surface area contributed by atoms with E-state index in [1.807, 2.05) is 6.92 Å². The summed E-state index contributed by atoms with van der Waals surface area (Å²) in [5, 5.41) is 17.5. The largest absolute Gasteiger partial charge is 0.480 e. The van der Waals surface area contributed by atoms with Crippen LogP contribution in [0.15, 0.2) is 0 Å². The second kappa shape index (κ2) is 7.55. The molecule has 0 aromatic carbocycles. The Bertz CT molecular complexity index is 542. The number of urea groups is 1. The first-order valence-corrected chi connectivity index (χ1v) is 9.92. The second-order valence-corrected chi connectivity index (χ2v) is 8.71. The normalized spacial score (nSPS) is 34.2. The van der Waals surface area contributed by atoms with Crippen molar-refractivity contribution in [2.45, 2.75) is 82.8 Å². The van der Waals surface area contributed by atoms with Crippen LogP contribution in [0, 0.1) is 17.8 Å². The van der Waals surface area contributed by atoms with Gasteiger partial charge in [-0.3, -0.25) is 20.2 Å². The van der Waals surface area contributed by atoms with Gasteiger partial charge in [-0.25, -0.2) is 4.79 Å². The van der Waals surface area contributed by atoms with Gasteiger partial charge in [0.15, 0.2) is 0 Å². The minimum Gasteiger partial charge on any atom is -0.480 e. The van der Waals surface area contributed by atoms with Gasteiger partial charge in [0, 0.05) is 5.54 Å². The van der Waals surface area contributed by atoms with Crippen molar-refractivity contribution in [3.05, 3.63) is 0 Å². The van der Waals surface area contributed by atoms with E-state index in [1.54, 1.807) is 6.92 Å². The Morgan fingerprint density at radius 3 is 2.08 bits per heavy atom. The first-order chi connectivity index (χ1) is 12.3. The topological polar surface area (TPSA) is 108 Å². The Morgan fingerprint density at radius 2 is 1.62 bits per heavy atom. The Kier molecular flexibility index (Phi) is 5.55. The van der Waals surface area contributed by atoms with Crippen molar-refractivity contribution in [2.24, 2.45) is 17.8 Å². The molecule has 7 nitrogen and oxygen atoms in total. The molecule has 4 fully saturated rings. The maximum Gasteiger partial charge on any atom is 0.321 e. The van der Waals surface area contributed by atoms with Crippen LogP contribution in [0.1, 0.15) is 65.2 Å². The molecule has 0 heterocycles. The Labute approximate surface area is 154 Å². The van der Waals surface area contributed by atoms with Crippen molar-refractivity contribution >= 4 is 17.9 Å². The summed E-state index contributed by atoms with van der Waals surface area (Å²) in [5.74, 6) is 0.661. The van der Waals surface area contributed by atoms with Crippen LogP contribution in [-0.2, 0) is 9.59 Å². The maximum atomic E-state index is 12.4. The van der Waals surface area contributed by atoms with Crippen molar-refractivity contribution in [2.75, 3.05) is 0 Å². The van der Waals surface area contributed by atoms with Crippen LogP contribution in [0.3, 0.4) is 0 Å². The molecule has 0 saturated heterocycles. The Balaban J connectivity index is 1.51. The number of carboxylic acid groups (broad SMARTS) is 1. The monoisotopic (exact) mass is 365 g/mol. The average molecular weight is 365 g/mol. The number of carboxylic acids is 1. The zero-order valence-corrected chi connectivity index (χ0v) is 15.7. The van der Waals surface area contributed by atoms with E-state index in [0.29, 0.717) is 30.6 Å². The van der Waals surface area contributed by atoms with E-state index in [9.17, 15) is 19.5 Å². The van der Waals surface area contributed by atoms with Gasteiger partial charge in [-0.2, -0.15) is 0 Å². The molecule has 0 aliphatic heterocycles. The lowest BCUT2D eigenvalue weighted by Crippen LogP contribution is -2.62. The number of rotatable bonds is 7. The van der Waals surface area contributed by atoms with Gasteiger partial charge in [0.05, 0.1) is 6.04 Å². The molecule has 0 aromatic rings. The highest BCUT2D eigenvalue weighted by Crippen LogP contribution is 2.55. The van der Waals surface area contributed by atoms with Crippen LogP contribution in [0.4, 0.5) is 4.79 Å². The summed E-state index contributed by atoms with van der Waals surface area (Å²) < 4.78 is 0. The summed E-state index contributed by atoms with van der Waals surface area (Å²) in [6.07, 6.45) is 8.06. The van der Waals surface area contributed by atoms with Gasteiger partial charge in [0.1, 0.15) is 6.04 Å². The zero-order chi connectivity index (χ0) is 18.9. The van der Waals surface area contributed by atoms with Crippen molar-refractivity contribution < 1.29 is 19.5 Å². The number of carbonyl (C=O) groups is 3. The van der Waals surface area contributed by atoms with Crippen LogP contribution in [-0.4, -0.2) is 40.6 Å². The summed E-state index contributed by atoms with van der Waals surface area (Å²) in [5.41, 5.74) is -0.151. The molecule has 26 heavy (non-hydrogen) atoms. The van der Waals surface area contributed by atoms with Crippen molar-refractivity contribution in [3.8, 4) is 0 Å². The third kappa shape index (κ3) is 4.19. The lowest BCUT2D eigenvalue weighted by Gasteiger charge is -2.56. The molecule has 146 valence electrons. The molecule has 4 aliphatic rings.